The van der Waals surface area contributed by atoms with Gasteiger partial charge in [-0.05, 0) is 53.5 Å². The minimum Gasteiger partial charge on any atom is -0.449 e. The van der Waals surface area contributed by atoms with E-state index in [-0.39, 0.29) is 12.1 Å². The number of carbonyl (C=O) groups is 1. The summed E-state index contributed by atoms with van der Waals surface area (Å²) in [6, 6.07) is 2.30. The number of fused-ring (bicyclic) bond motifs is 1. The molecular weight excluding hydrogens is 391 g/mol. The molecule has 0 fully saturated rings. The van der Waals surface area contributed by atoms with E-state index in [0.717, 1.165) is 34.9 Å². The fourth-order valence-corrected chi connectivity index (χ4v) is 3.36. The van der Waals surface area contributed by atoms with Crippen LogP contribution >= 0.6 is 22.6 Å². The van der Waals surface area contributed by atoms with Crippen LogP contribution in [-0.4, -0.2) is 23.7 Å². The Labute approximate surface area is 144 Å². The Kier molecular flexibility index (Phi) is 5.12. The smallest absolute Gasteiger partial charge is 0.407 e. The highest BCUT2D eigenvalue weighted by Gasteiger charge is 2.22. The first-order valence-electron chi connectivity index (χ1n) is 7.60. The van der Waals surface area contributed by atoms with Crippen molar-refractivity contribution >= 4 is 28.7 Å². The summed E-state index contributed by atoms with van der Waals surface area (Å²) in [4.78, 5) is 16.4. The van der Waals surface area contributed by atoms with Crippen molar-refractivity contribution in [2.45, 2.75) is 31.7 Å². The molecule has 0 spiro atoms. The minimum absolute atomic E-state index is 0.120. The number of hydrogen-bond donors (Lipinski definition) is 1. The van der Waals surface area contributed by atoms with Crippen molar-refractivity contribution in [2.24, 2.45) is 5.92 Å². The Morgan fingerprint density at radius 1 is 1.45 bits per heavy atom. The number of pyridine rings is 1. The van der Waals surface area contributed by atoms with E-state index in [4.69, 9.17) is 4.74 Å². The number of alkyl carbamates (subject to hydrolysis) is 1. The number of amides is 1. The number of aromatic nitrogens is 1. The summed E-state index contributed by atoms with van der Waals surface area (Å²) in [5.74, 6) is 0.298. The van der Waals surface area contributed by atoms with Gasteiger partial charge in [-0.2, -0.15) is 0 Å². The molecule has 0 bridgehead atoms. The van der Waals surface area contributed by atoms with Crippen LogP contribution < -0.4 is 5.32 Å². The van der Waals surface area contributed by atoms with Gasteiger partial charge in [0, 0.05) is 33.8 Å². The zero-order chi connectivity index (χ0) is 15.4. The van der Waals surface area contributed by atoms with Crippen LogP contribution in [0.15, 0.2) is 36.6 Å². The standard InChI is InChI=1S/C17H19IN2O2/c18-14-8-13-6-7-15(9-16(13)19-10-14)20-17(21)22-11-12-4-2-1-3-5-12/h1-4,8,10,12,15H,5-7,9,11H2,(H,20,21). The van der Waals surface area contributed by atoms with E-state index >= 15 is 0 Å². The van der Waals surface area contributed by atoms with Crippen LogP contribution in [0.4, 0.5) is 4.79 Å². The number of nitrogens with zero attached hydrogens (tertiary/aromatic N) is 1. The summed E-state index contributed by atoms with van der Waals surface area (Å²) in [6.45, 7) is 0.437. The van der Waals surface area contributed by atoms with E-state index in [1.807, 2.05) is 18.3 Å². The predicted molar refractivity (Wildman–Crippen MR) is 93.6 cm³/mol. The molecule has 1 heterocycles. The SMILES string of the molecule is O=C(NC1CCc2cc(I)cnc2C1)OCC1C=CC=CC1. The van der Waals surface area contributed by atoms with E-state index in [1.165, 1.54) is 5.56 Å². The number of nitrogens with one attached hydrogen (secondary N) is 1. The van der Waals surface area contributed by atoms with Gasteiger partial charge in [0.1, 0.15) is 0 Å². The molecule has 1 amide bonds. The molecule has 1 aromatic rings. The van der Waals surface area contributed by atoms with E-state index in [1.54, 1.807) is 0 Å². The van der Waals surface area contributed by atoms with Crippen LogP contribution in [0.1, 0.15) is 24.1 Å². The van der Waals surface area contributed by atoms with Crippen LogP contribution in [0.25, 0.3) is 0 Å². The fourth-order valence-electron chi connectivity index (χ4n) is 2.84. The first kappa shape index (κ1) is 15.5. The summed E-state index contributed by atoms with van der Waals surface area (Å²) in [7, 11) is 0. The zero-order valence-corrected chi connectivity index (χ0v) is 14.5. The lowest BCUT2D eigenvalue weighted by Crippen LogP contribution is -2.40. The third-order valence-corrected chi connectivity index (χ3v) is 4.64. The first-order valence-corrected chi connectivity index (χ1v) is 8.68. The van der Waals surface area contributed by atoms with Gasteiger partial charge in [-0.15, -0.1) is 0 Å². The van der Waals surface area contributed by atoms with Crippen molar-refractivity contribution in [3.8, 4) is 0 Å². The molecule has 1 N–H and O–H groups in total. The van der Waals surface area contributed by atoms with E-state index in [0.29, 0.717) is 12.5 Å². The van der Waals surface area contributed by atoms with Crippen molar-refractivity contribution in [3.05, 3.63) is 51.4 Å². The largest absolute Gasteiger partial charge is 0.449 e. The van der Waals surface area contributed by atoms with E-state index in [2.05, 4.69) is 51.1 Å². The Morgan fingerprint density at radius 2 is 2.36 bits per heavy atom. The highest BCUT2D eigenvalue weighted by atomic mass is 127. The molecule has 2 atom stereocenters. The molecule has 4 nitrogen and oxygen atoms in total. The lowest BCUT2D eigenvalue weighted by molar-refractivity contribution is 0.130. The summed E-state index contributed by atoms with van der Waals surface area (Å²) < 4.78 is 6.50. The summed E-state index contributed by atoms with van der Waals surface area (Å²) >= 11 is 2.28. The topological polar surface area (TPSA) is 51.2 Å². The van der Waals surface area contributed by atoms with Gasteiger partial charge < -0.3 is 10.1 Å². The molecule has 0 radical (unpaired) electrons. The van der Waals surface area contributed by atoms with Gasteiger partial charge in [-0.25, -0.2) is 4.79 Å². The molecule has 0 aromatic carbocycles. The van der Waals surface area contributed by atoms with Crippen LogP contribution in [-0.2, 0) is 17.6 Å². The first-order chi connectivity index (χ1) is 10.7. The van der Waals surface area contributed by atoms with Crippen LogP contribution in [0, 0.1) is 9.49 Å². The Morgan fingerprint density at radius 3 is 3.18 bits per heavy atom. The molecular formula is C17H19IN2O2. The molecule has 0 saturated carbocycles. The maximum Gasteiger partial charge on any atom is 0.407 e. The van der Waals surface area contributed by atoms with Crippen molar-refractivity contribution in [1.29, 1.82) is 0 Å². The Balaban J connectivity index is 1.47. The number of carbonyl (C=O) groups excluding carboxylic acids is 1. The Hall–Kier alpha value is -1.37. The van der Waals surface area contributed by atoms with Crippen molar-refractivity contribution < 1.29 is 9.53 Å². The molecule has 3 rings (SSSR count). The molecule has 5 heteroatoms. The van der Waals surface area contributed by atoms with Gasteiger partial charge in [0.25, 0.3) is 0 Å². The highest BCUT2D eigenvalue weighted by molar-refractivity contribution is 14.1. The number of aryl methyl sites for hydroxylation is 1. The van der Waals surface area contributed by atoms with Gasteiger partial charge in [0.05, 0.1) is 6.61 Å². The van der Waals surface area contributed by atoms with Gasteiger partial charge in [0.2, 0.25) is 0 Å². The lowest BCUT2D eigenvalue weighted by atomic mass is 9.92. The number of ether oxygens (including phenoxy) is 1. The van der Waals surface area contributed by atoms with Gasteiger partial charge in [-0.3, -0.25) is 4.98 Å². The maximum absolute atomic E-state index is 11.9. The average molecular weight is 410 g/mol. The minimum atomic E-state index is -0.318. The average Bonchev–Trinajstić information content (AvgIpc) is 2.54. The maximum atomic E-state index is 11.9. The molecule has 1 aromatic heterocycles. The summed E-state index contributed by atoms with van der Waals surface area (Å²) in [5.41, 5.74) is 2.40. The van der Waals surface area contributed by atoms with Gasteiger partial charge >= 0.3 is 6.09 Å². The second-order valence-electron chi connectivity index (χ2n) is 5.75. The molecule has 2 unspecified atom stereocenters. The van der Waals surface area contributed by atoms with Crippen molar-refractivity contribution in [2.75, 3.05) is 6.61 Å². The third-order valence-electron chi connectivity index (χ3n) is 4.05. The molecule has 2 aliphatic carbocycles. The molecule has 22 heavy (non-hydrogen) atoms. The van der Waals surface area contributed by atoms with Crippen molar-refractivity contribution in [1.82, 2.24) is 10.3 Å². The summed E-state index contributed by atoms with van der Waals surface area (Å²) in [5, 5.41) is 2.97. The monoisotopic (exact) mass is 410 g/mol. The normalized spacial score (nSPS) is 23.0. The number of halogens is 1. The third kappa shape index (κ3) is 4.09. The second-order valence-corrected chi connectivity index (χ2v) is 7.00. The van der Waals surface area contributed by atoms with Gasteiger partial charge in [0.15, 0.2) is 0 Å². The van der Waals surface area contributed by atoms with Crippen molar-refractivity contribution in [3.63, 3.8) is 0 Å². The molecule has 116 valence electrons. The van der Waals surface area contributed by atoms with Crippen LogP contribution in [0.5, 0.6) is 0 Å². The van der Waals surface area contributed by atoms with E-state index in [9.17, 15) is 4.79 Å². The van der Waals surface area contributed by atoms with Crippen LogP contribution in [0.3, 0.4) is 0 Å². The highest BCUT2D eigenvalue weighted by Crippen LogP contribution is 2.21. The number of rotatable bonds is 3. The van der Waals surface area contributed by atoms with Crippen LogP contribution in [0.2, 0.25) is 0 Å². The van der Waals surface area contributed by atoms with Gasteiger partial charge in [-0.1, -0.05) is 24.3 Å². The summed E-state index contributed by atoms with van der Waals surface area (Å²) in [6.07, 6.45) is 13.4. The molecule has 0 saturated heterocycles. The molecule has 0 aliphatic heterocycles. The second kappa shape index (κ2) is 7.26. The lowest BCUT2D eigenvalue weighted by Gasteiger charge is -2.25. The zero-order valence-electron chi connectivity index (χ0n) is 12.3. The van der Waals surface area contributed by atoms with E-state index < -0.39 is 0 Å². The quantitative estimate of drug-likeness (QED) is 0.778. The number of hydrogen-bond acceptors (Lipinski definition) is 3. The predicted octanol–water partition coefficient (Wildman–Crippen LogP) is 3.40. The number of allylic oxidation sites excluding steroid dienone is 3. The fraction of sp³-hybridized carbons (Fsp3) is 0.412. The Bertz CT molecular complexity index is 613. The molecule has 2 aliphatic rings.